The van der Waals surface area contributed by atoms with E-state index in [2.05, 4.69) is 57.3 Å². The van der Waals surface area contributed by atoms with Crippen LogP contribution in [0.4, 0.5) is 10.1 Å². The Morgan fingerprint density at radius 2 is 1.50 bits per heavy atom. The lowest BCUT2D eigenvalue weighted by molar-refractivity contribution is 0.0976. The van der Waals surface area contributed by atoms with Crippen LogP contribution in [-0.4, -0.2) is 5.78 Å². The Morgan fingerprint density at radius 1 is 0.900 bits per heavy atom. The molecular weight excluding hydrogens is 373 g/mol. The molecule has 3 aromatic rings. The summed E-state index contributed by atoms with van der Waals surface area (Å²) < 4.78 is 13.3. The molecule has 0 aliphatic rings. The molecule has 30 heavy (non-hydrogen) atoms. The molecule has 1 atom stereocenters. The molecular formula is C27H30FNO. The molecule has 0 bridgehead atoms. The van der Waals surface area contributed by atoms with Gasteiger partial charge < -0.3 is 5.32 Å². The van der Waals surface area contributed by atoms with Crippen molar-refractivity contribution in [1.29, 1.82) is 0 Å². The van der Waals surface area contributed by atoms with E-state index in [4.69, 9.17) is 0 Å². The van der Waals surface area contributed by atoms with Crippen molar-refractivity contribution < 1.29 is 9.18 Å². The highest BCUT2D eigenvalue weighted by Gasteiger charge is 2.19. The van der Waals surface area contributed by atoms with E-state index in [1.165, 1.54) is 23.3 Å². The number of rotatable bonds is 7. The van der Waals surface area contributed by atoms with Crippen molar-refractivity contribution in [3.05, 3.63) is 101 Å². The molecule has 3 aromatic carbocycles. The Balaban J connectivity index is 1.86. The lowest BCUT2D eigenvalue weighted by atomic mass is 9.86. The molecule has 0 saturated heterocycles. The number of carbonyl (C=O) groups is 1. The average Bonchev–Trinajstić information content (AvgIpc) is 2.74. The molecule has 3 rings (SSSR count). The number of halogens is 1. The summed E-state index contributed by atoms with van der Waals surface area (Å²) in [6.45, 7) is 8.64. The van der Waals surface area contributed by atoms with Crippen molar-refractivity contribution in [2.45, 2.75) is 52.0 Å². The van der Waals surface area contributed by atoms with Crippen molar-refractivity contribution in [3.8, 4) is 0 Å². The third-order valence-electron chi connectivity index (χ3n) is 5.44. The van der Waals surface area contributed by atoms with E-state index in [1.54, 1.807) is 12.1 Å². The summed E-state index contributed by atoms with van der Waals surface area (Å²) in [5.74, 6) is -0.198. The Morgan fingerprint density at radius 3 is 2.03 bits per heavy atom. The lowest BCUT2D eigenvalue weighted by Crippen LogP contribution is -2.17. The van der Waals surface area contributed by atoms with Crippen LogP contribution in [0.3, 0.4) is 0 Å². The number of carbonyl (C=O) groups excluding carboxylic acids is 1. The second-order valence-electron chi connectivity index (χ2n) is 8.75. The van der Waals surface area contributed by atoms with E-state index in [0.717, 1.165) is 17.7 Å². The van der Waals surface area contributed by atoms with Crippen molar-refractivity contribution in [1.82, 2.24) is 0 Å². The number of Topliss-reactive ketones (excluding diaryl/α,β-unsaturated/α-hetero) is 1. The molecule has 0 heterocycles. The summed E-state index contributed by atoms with van der Waals surface area (Å²) in [4.78, 5) is 13.0. The molecule has 0 aromatic heterocycles. The number of ketones is 1. The predicted molar refractivity (Wildman–Crippen MR) is 123 cm³/mol. The van der Waals surface area contributed by atoms with Gasteiger partial charge in [0, 0.05) is 17.7 Å². The first kappa shape index (κ1) is 21.8. The quantitative estimate of drug-likeness (QED) is 0.426. The molecule has 0 amide bonds. The zero-order valence-electron chi connectivity index (χ0n) is 18.2. The minimum absolute atomic E-state index is 0.0647. The molecule has 1 N–H and O–H groups in total. The maximum Gasteiger partial charge on any atom is 0.165 e. The Kier molecular flexibility index (Phi) is 6.71. The molecule has 0 spiro atoms. The summed E-state index contributed by atoms with van der Waals surface area (Å²) in [5, 5.41) is 3.42. The summed E-state index contributed by atoms with van der Waals surface area (Å²) >= 11 is 0. The molecule has 0 fully saturated rings. The van der Waals surface area contributed by atoms with E-state index in [9.17, 15) is 9.18 Å². The standard InChI is InChI=1S/C27H30FNO/c1-5-19-6-8-21(9-7-19)26(30)18-25(29-24-16-14-23(28)15-17-24)20-10-12-22(13-11-20)27(2,3)4/h6-17,25,29H,5,18H2,1-4H3/t25-/m1/s1. The number of nitrogens with one attached hydrogen (secondary N) is 1. The van der Waals surface area contributed by atoms with Gasteiger partial charge in [-0.2, -0.15) is 0 Å². The van der Waals surface area contributed by atoms with E-state index in [0.29, 0.717) is 12.0 Å². The van der Waals surface area contributed by atoms with Gasteiger partial charge in [-0.25, -0.2) is 4.39 Å². The first-order valence-corrected chi connectivity index (χ1v) is 10.5. The summed E-state index contributed by atoms with van der Waals surface area (Å²) in [6.07, 6.45) is 1.26. The molecule has 0 aliphatic carbocycles. The number of hydrogen-bond acceptors (Lipinski definition) is 2. The topological polar surface area (TPSA) is 29.1 Å². The Hall–Kier alpha value is -2.94. The van der Waals surface area contributed by atoms with Gasteiger partial charge in [0.15, 0.2) is 5.78 Å². The van der Waals surface area contributed by atoms with Crippen molar-refractivity contribution in [3.63, 3.8) is 0 Å². The summed E-state index contributed by atoms with van der Waals surface area (Å²) in [5.41, 5.74) is 5.05. The molecule has 0 unspecified atom stereocenters. The molecule has 156 valence electrons. The van der Waals surface area contributed by atoms with E-state index in [-0.39, 0.29) is 23.1 Å². The normalized spacial score (nSPS) is 12.4. The SMILES string of the molecule is CCc1ccc(C(=O)C[C@@H](Nc2ccc(F)cc2)c2ccc(C(C)(C)C)cc2)cc1. The first-order valence-electron chi connectivity index (χ1n) is 10.5. The van der Waals surface area contributed by atoms with Crippen molar-refractivity contribution in [2.24, 2.45) is 0 Å². The molecule has 2 nitrogen and oxygen atoms in total. The second-order valence-corrected chi connectivity index (χ2v) is 8.75. The van der Waals surface area contributed by atoms with Crippen molar-refractivity contribution >= 4 is 11.5 Å². The van der Waals surface area contributed by atoms with Crippen LogP contribution in [0.5, 0.6) is 0 Å². The maximum atomic E-state index is 13.3. The fourth-order valence-corrected chi connectivity index (χ4v) is 3.44. The van der Waals surface area contributed by atoms with Crippen LogP contribution in [0.25, 0.3) is 0 Å². The van der Waals surface area contributed by atoms with Gasteiger partial charge in [-0.1, -0.05) is 76.2 Å². The molecule has 0 saturated carbocycles. The Bertz CT molecular complexity index is 967. The predicted octanol–water partition coefficient (Wildman–Crippen LogP) is 7.11. The number of aryl methyl sites for hydroxylation is 1. The largest absolute Gasteiger partial charge is 0.378 e. The van der Waals surface area contributed by atoms with Gasteiger partial charge >= 0.3 is 0 Å². The van der Waals surface area contributed by atoms with Crippen LogP contribution in [0.15, 0.2) is 72.8 Å². The first-order chi connectivity index (χ1) is 14.3. The van der Waals surface area contributed by atoms with Crippen LogP contribution >= 0.6 is 0 Å². The highest BCUT2D eigenvalue weighted by atomic mass is 19.1. The monoisotopic (exact) mass is 403 g/mol. The van der Waals surface area contributed by atoms with Crippen LogP contribution in [0, 0.1) is 5.82 Å². The van der Waals surface area contributed by atoms with Crippen LogP contribution in [0.1, 0.15) is 67.2 Å². The molecule has 3 heteroatoms. The zero-order valence-corrected chi connectivity index (χ0v) is 18.2. The van der Waals surface area contributed by atoms with Crippen molar-refractivity contribution in [2.75, 3.05) is 5.32 Å². The van der Waals surface area contributed by atoms with Gasteiger partial charge in [-0.3, -0.25) is 4.79 Å². The van der Waals surface area contributed by atoms with Gasteiger partial charge in [-0.05, 0) is 52.8 Å². The third-order valence-corrected chi connectivity index (χ3v) is 5.44. The second kappa shape index (κ2) is 9.25. The van der Waals surface area contributed by atoms with Crippen LogP contribution < -0.4 is 5.32 Å². The molecule has 0 aliphatic heterocycles. The third kappa shape index (κ3) is 5.56. The van der Waals surface area contributed by atoms with E-state index >= 15 is 0 Å². The van der Waals surface area contributed by atoms with Gasteiger partial charge in [0.1, 0.15) is 5.82 Å². The van der Waals surface area contributed by atoms with E-state index < -0.39 is 0 Å². The lowest BCUT2D eigenvalue weighted by Gasteiger charge is -2.23. The Labute approximate surface area is 179 Å². The van der Waals surface area contributed by atoms with Gasteiger partial charge in [0.25, 0.3) is 0 Å². The van der Waals surface area contributed by atoms with Crippen LogP contribution in [0.2, 0.25) is 0 Å². The van der Waals surface area contributed by atoms with Gasteiger partial charge in [0.05, 0.1) is 6.04 Å². The zero-order chi connectivity index (χ0) is 21.7. The maximum absolute atomic E-state index is 13.3. The summed E-state index contributed by atoms with van der Waals surface area (Å²) in [6, 6.07) is 22.3. The average molecular weight is 404 g/mol. The van der Waals surface area contributed by atoms with Crippen LogP contribution in [-0.2, 0) is 11.8 Å². The molecule has 0 radical (unpaired) electrons. The number of anilines is 1. The fraction of sp³-hybridized carbons (Fsp3) is 0.296. The van der Waals surface area contributed by atoms with E-state index in [1.807, 2.05) is 24.3 Å². The summed E-state index contributed by atoms with van der Waals surface area (Å²) in [7, 11) is 0. The number of hydrogen-bond donors (Lipinski definition) is 1. The minimum atomic E-state index is -0.279. The van der Waals surface area contributed by atoms with Gasteiger partial charge in [0.2, 0.25) is 0 Å². The van der Waals surface area contributed by atoms with Gasteiger partial charge in [-0.15, -0.1) is 0 Å². The smallest absolute Gasteiger partial charge is 0.165 e. The fourth-order valence-electron chi connectivity index (χ4n) is 3.44. The highest BCUT2D eigenvalue weighted by Crippen LogP contribution is 2.28. The highest BCUT2D eigenvalue weighted by molar-refractivity contribution is 5.96. The minimum Gasteiger partial charge on any atom is -0.378 e. The number of benzene rings is 3.